The molecule has 0 aliphatic heterocycles. The molecule has 0 spiro atoms. The Bertz CT molecular complexity index is 800. The Labute approximate surface area is 147 Å². The van der Waals surface area contributed by atoms with Crippen molar-refractivity contribution in [1.29, 1.82) is 0 Å². The summed E-state index contributed by atoms with van der Waals surface area (Å²) in [7, 11) is 0. The van der Waals surface area contributed by atoms with Gasteiger partial charge in [0, 0.05) is 10.6 Å². The lowest BCUT2D eigenvalue weighted by Gasteiger charge is -2.22. The molecule has 1 radical (unpaired) electrons. The summed E-state index contributed by atoms with van der Waals surface area (Å²) in [5.74, 6) is 1.59. The van der Waals surface area contributed by atoms with E-state index in [4.69, 9.17) is 16.3 Å². The molecule has 0 aliphatic carbocycles. The molecule has 3 heteroatoms. The van der Waals surface area contributed by atoms with Gasteiger partial charge < -0.3 is 9.84 Å². The fourth-order valence-electron chi connectivity index (χ4n) is 2.68. The van der Waals surface area contributed by atoms with Gasteiger partial charge in [-0.3, -0.25) is 0 Å². The van der Waals surface area contributed by atoms with Crippen LogP contribution in [0.4, 0.5) is 0 Å². The highest BCUT2D eigenvalue weighted by Crippen LogP contribution is 2.39. The molecule has 0 fully saturated rings. The minimum Gasteiger partial charge on any atom is -0.465 e. The highest BCUT2D eigenvalue weighted by atomic mass is 35.5. The maximum Gasteiger partial charge on any atom is 0.194 e. The van der Waals surface area contributed by atoms with Crippen molar-refractivity contribution in [3.05, 3.63) is 106 Å². The van der Waals surface area contributed by atoms with Gasteiger partial charge in [-0.2, -0.15) is 0 Å². The van der Waals surface area contributed by atoms with Crippen molar-refractivity contribution in [1.82, 2.24) is 0 Å². The van der Waals surface area contributed by atoms with Crippen LogP contribution in [0.5, 0.6) is 5.75 Å². The fourth-order valence-corrected chi connectivity index (χ4v) is 2.91. The van der Waals surface area contributed by atoms with Crippen molar-refractivity contribution in [2.45, 2.75) is 13.2 Å². The number of aliphatic hydroxyl groups is 1. The second kappa shape index (κ2) is 7.52. The third-order valence-electron chi connectivity index (χ3n) is 3.66. The van der Waals surface area contributed by atoms with Gasteiger partial charge in [-0.05, 0) is 30.2 Å². The normalized spacial score (nSPS) is 12.2. The first-order valence-electron chi connectivity index (χ1n) is 7.78. The second-order valence-electron chi connectivity index (χ2n) is 5.43. The van der Waals surface area contributed by atoms with Crippen molar-refractivity contribution in [2.24, 2.45) is 0 Å². The topological polar surface area (TPSA) is 29.5 Å². The standard InChI is InChI=1S/C21H18ClO2/c1-15(23)24-20-14-8-6-12-18(20)21(16-9-3-2-4-10-16)17-11-5-7-13-19(17)22/h2-15,23H,1H3. The summed E-state index contributed by atoms with van der Waals surface area (Å²) in [5, 5.41) is 10.3. The lowest BCUT2D eigenvalue weighted by molar-refractivity contribution is -0.000744. The molecule has 3 aromatic rings. The molecule has 1 atom stereocenters. The number of aliphatic hydroxyl groups excluding tert-OH is 1. The molecule has 1 N–H and O–H groups in total. The van der Waals surface area contributed by atoms with Crippen LogP contribution in [0.2, 0.25) is 5.02 Å². The van der Waals surface area contributed by atoms with E-state index in [-0.39, 0.29) is 0 Å². The van der Waals surface area contributed by atoms with Crippen molar-refractivity contribution < 1.29 is 9.84 Å². The third kappa shape index (κ3) is 3.61. The zero-order valence-corrected chi connectivity index (χ0v) is 14.1. The average molecular weight is 338 g/mol. The molecule has 3 aromatic carbocycles. The smallest absolute Gasteiger partial charge is 0.194 e. The first-order chi connectivity index (χ1) is 11.7. The van der Waals surface area contributed by atoms with Crippen molar-refractivity contribution >= 4 is 11.6 Å². The molecular weight excluding hydrogens is 320 g/mol. The Morgan fingerprint density at radius 1 is 0.833 bits per heavy atom. The third-order valence-corrected chi connectivity index (χ3v) is 3.99. The zero-order chi connectivity index (χ0) is 16.9. The molecule has 24 heavy (non-hydrogen) atoms. The van der Waals surface area contributed by atoms with Gasteiger partial charge in [0.25, 0.3) is 0 Å². The van der Waals surface area contributed by atoms with Crippen LogP contribution in [0.1, 0.15) is 23.6 Å². The van der Waals surface area contributed by atoms with Crippen molar-refractivity contribution in [3.8, 4) is 5.75 Å². The van der Waals surface area contributed by atoms with Gasteiger partial charge in [0.1, 0.15) is 5.75 Å². The molecule has 1 unspecified atom stereocenters. The molecule has 0 heterocycles. The minimum atomic E-state index is -0.894. The number of ether oxygens (including phenoxy) is 1. The highest BCUT2D eigenvalue weighted by Gasteiger charge is 2.23. The van der Waals surface area contributed by atoms with E-state index in [0.717, 1.165) is 22.6 Å². The van der Waals surface area contributed by atoms with E-state index in [9.17, 15) is 5.11 Å². The Kier molecular flexibility index (Phi) is 5.19. The summed E-state index contributed by atoms with van der Waals surface area (Å²) >= 11 is 6.47. The quantitative estimate of drug-likeness (QED) is 0.520. The molecule has 121 valence electrons. The summed E-state index contributed by atoms with van der Waals surface area (Å²) in [6.07, 6.45) is -0.894. The van der Waals surface area contributed by atoms with Crippen LogP contribution < -0.4 is 4.74 Å². The predicted molar refractivity (Wildman–Crippen MR) is 97.2 cm³/mol. The van der Waals surface area contributed by atoms with Crippen molar-refractivity contribution in [3.63, 3.8) is 0 Å². The van der Waals surface area contributed by atoms with Crippen LogP contribution >= 0.6 is 11.6 Å². The summed E-state index contributed by atoms with van der Waals surface area (Å²) in [6.45, 7) is 1.59. The lowest BCUT2D eigenvalue weighted by Crippen LogP contribution is -2.13. The van der Waals surface area contributed by atoms with E-state index in [1.165, 1.54) is 0 Å². The van der Waals surface area contributed by atoms with Gasteiger partial charge in [-0.15, -0.1) is 0 Å². The molecular formula is C21H18ClO2. The van der Waals surface area contributed by atoms with Gasteiger partial charge in [-0.25, -0.2) is 0 Å². The number of para-hydroxylation sites is 1. The average Bonchev–Trinajstić information content (AvgIpc) is 2.59. The van der Waals surface area contributed by atoms with E-state index in [1.807, 2.05) is 78.9 Å². The number of hydrogen-bond acceptors (Lipinski definition) is 2. The van der Waals surface area contributed by atoms with Gasteiger partial charge in [0.05, 0.1) is 5.92 Å². The van der Waals surface area contributed by atoms with Crippen LogP contribution in [-0.4, -0.2) is 11.4 Å². The number of hydrogen-bond donors (Lipinski definition) is 1. The lowest BCUT2D eigenvalue weighted by atomic mass is 9.84. The molecule has 0 saturated carbocycles. The SMILES string of the molecule is CC(O)Oc1ccccc1[C](c1ccccc1)c1ccccc1Cl. The summed E-state index contributed by atoms with van der Waals surface area (Å²) in [4.78, 5) is 0. The summed E-state index contributed by atoms with van der Waals surface area (Å²) in [6, 6.07) is 25.4. The van der Waals surface area contributed by atoms with E-state index >= 15 is 0 Å². The van der Waals surface area contributed by atoms with Gasteiger partial charge in [0.2, 0.25) is 0 Å². The molecule has 2 nitrogen and oxygen atoms in total. The zero-order valence-electron chi connectivity index (χ0n) is 13.3. The molecule has 0 bridgehead atoms. The van der Waals surface area contributed by atoms with E-state index in [1.54, 1.807) is 6.92 Å². The van der Waals surface area contributed by atoms with E-state index < -0.39 is 6.29 Å². The molecule has 0 aromatic heterocycles. The second-order valence-corrected chi connectivity index (χ2v) is 5.84. The fraction of sp³-hybridized carbons (Fsp3) is 0.0952. The Balaban J connectivity index is 2.19. The number of halogens is 1. The van der Waals surface area contributed by atoms with Gasteiger partial charge in [-0.1, -0.05) is 78.3 Å². The maximum absolute atomic E-state index is 9.65. The molecule has 0 aliphatic rings. The van der Waals surface area contributed by atoms with Gasteiger partial charge >= 0.3 is 0 Å². The van der Waals surface area contributed by atoms with Crippen LogP contribution in [-0.2, 0) is 0 Å². The van der Waals surface area contributed by atoms with Crippen LogP contribution in [0.25, 0.3) is 0 Å². The van der Waals surface area contributed by atoms with E-state index in [2.05, 4.69) is 0 Å². The largest absolute Gasteiger partial charge is 0.465 e. The number of benzene rings is 3. The van der Waals surface area contributed by atoms with Gasteiger partial charge in [0.15, 0.2) is 6.29 Å². The van der Waals surface area contributed by atoms with Crippen molar-refractivity contribution in [2.75, 3.05) is 0 Å². The van der Waals surface area contributed by atoms with Crippen LogP contribution in [0.15, 0.2) is 78.9 Å². The Morgan fingerprint density at radius 3 is 2.08 bits per heavy atom. The molecule has 0 saturated heterocycles. The summed E-state index contributed by atoms with van der Waals surface area (Å²) < 4.78 is 5.60. The monoisotopic (exact) mass is 337 g/mol. The highest BCUT2D eigenvalue weighted by molar-refractivity contribution is 6.31. The predicted octanol–water partition coefficient (Wildman–Crippen LogP) is 5.08. The van der Waals surface area contributed by atoms with Crippen LogP contribution in [0.3, 0.4) is 0 Å². The Morgan fingerprint density at radius 2 is 1.42 bits per heavy atom. The number of rotatable bonds is 5. The van der Waals surface area contributed by atoms with E-state index in [0.29, 0.717) is 10.8 Å². The summed E-state index contributed by atoms with van der Waals surface area (Å²) in [5.41, 5.74) is 2.84. The molecule has 3 rings (SSSR count). The molecule has 0 amide bonds. The Hall–Kier alpha value is -2.29. The first kappa shape index (κ1) is 16.6. The first-order valence-corrected chi connectivity index (χ1v) is 8.16. The maximum atomic E-state index is 9.65. The van der Waals surface area contributed by atoms with Crippen LogP contribution in [0, 0.1) is 5.92 Å². The minimum absolute atomic E-state index is 0.617.